The maximum absolute atomic E-state index is 14.8. The zero-order valence-electron chi connectivity index (χ0n) is 22.6. The summed E-state index contributed by atoms with van der Waals surface area (Å²) >= 11 is 6.90. The van der Waals surface area contributed by atoms with E-state index in [1.807, 2.05) is 0 Å². The van der Waals surface area contributed by atoms with E-state index in [1.54, 1.807) is 0 Å². The molecule has 4 rings (SSSR count). The largest absolute Gasteiger partial charge is 0.493 e. The number of methoxy groups -OCH3 is 1. The molecule has 0 radical (unpaired) electrons. The molecule has 2 fully saturated rings. The maximum atomic E-state index is 14.8. The number of halogens is 2. The van der Waals surface area contributed by atoms with Crippen molar-refractivity contribution in [2.45, 2.75) is 43.0 Å². The van der Waals surface area contributed by atoms with Crippen LogP contribution in [0.5, 0.6) is 5.75 Å². The topological polar surface area (TPSA) is 162 Å². The van der Waals surface area contributed by atoms with Gasteiger partial charge >= 0.3 is 5.97 Å². The van der Waals surface area contributed by atoms with E-state index in [1.165, 1.54) is 29.0 Å². The zero-order valence-corrected chi connectivity index (χ0v) is 25.0. The molecule has 1 unspecified atom stereocenters. The van der Waals surface area contributed by atoms with E-state index < -0.39 is 57.0 Å². The molecule has 1 aromatic carbocycles. The van der Waals surface area contributed by atoms with E-state index in [9.17, 15) is 37.1 Å². The minimum absolute atomic E-state index is 0.0518. The van der Waals surface area contributed by atoms with Crippen LogP contribution in [0.25, 0.3) is 0 Å². The van der Waals surface area contributed by atoms with Gasteiger partial charge in [0.15, 0.2) is 5.75 Å². The Labute approximate surface area is 250 Å². The highest BCUT2D eigenvalue weighted by molar-refractivity contribution is 7.89. The van der Waals surface area contributed by atoms with Gasteiger partial charge in [0.25, 0.3) is 5.91 Å². The SMILES string of the molecule is COc1c(N2CCCCC2=O)cc(F)cc1S(=O)(=O)NC(CNC(=O)c1ccc(Cl)s1)C(=O)N1CCC(C(=O)O)CC1. The number of nitrogens with one attached hydrogen (secondary N) is 2. The lowest BCUT2D eigenvalue weighted by Gasteiger charge is -2.33. The summed E-state index contributed by atoms with van der Waals surface area (Å²) in [5, 5.41) is 11.8. The van der Waals surface area contributed by atoms with Crippen molar-refractivity contribution in [1.29, 1.82) is 0 Å². The van der Waals surface area contributed by atoms with Crippen LogP contribution < -0.4 is 19.7 Å². The summed E-state index contributed by atoms with van der Waals surface area (Å²) in [5.74, 6) is -4.44. The van der Waals surface area contributed by atoms with Gasteiger partial charge < -0.3 is 25.0 Å². The Balaban J connectivity index is 1.63. The number of benzene rings is 1. The molecule has 3 amide bonds. The predicted molar refractivity (Wildman–Crippen MR) is 152 cm³/mol. The number of carboxylic acids is 1. The van der Waals surface area contributed by atoms with Crippen molar-refractivity contribution in [2.75, 3.05) is 38.2 Å². The Morgan fingerprint density at radius 1 is 1.19 bits per heavy atom. The fourth-order valence-electron chi connectivity index (χ4n) is 4.94. The van der Waals surface area contributed by atoms with Crippen LogP contribution in [0.3, 0.4) is 0 Å². The van der Waals surface area contributed by atoms with Gasteiger partial charge in [-0.15, -0.1) is 11.3 Å². The predicted octanol–water partition coefficient (Wildman–Crippen LogP) is 2.47. The van der Waals surface area contributed by atoms with Crippen LogP contribution in [0, 0.1) is 11.7 Å². The molecule has 3 heterocycles. The van der Waals surface area contributed by atoms with E-state index in [4.69, 9.17) is 16.3 Å². The van der Waals surface area contributed by atoms with Gasteiger partial charge in [0.1, 0.15) is 16.8 Å². The van der Waals surface area contributed by atoms with Gasteiger partial charge in [-0.3, -0.25) is 19.2 Å². The number of carbonyl (C=O) groups excluding carboxylic acids is 3. The van der Waals surface area contributed by atoms with Gasteiger partial charge in [0, 0.05) is 38.7 Å². The first-order chi connectivity index (χ1) is 19.9. The Hall–Kier alpha value is -3.27. The number of ether oxygens (including phenoxy) is 1. The molecular weight excluding hydrogens is 615 g/mol. The summed E-state index contributed by atoms with van der Waals surface area (Å²) < 4.78 is 50.2. The number of hydrogen-bond donors (Lipinski definition) is 3. The van der Waals surface area contributed by atoms with E-state index in [0.717, 1.165) is 23.5 Å². The number of rotatable bonds is 10. The van der Waals surface area contributed by atoms with E-state index in [-0.39, 0.29) is 61.1 Å². The number of piperidine rings is 2. The molecule has 16 heteroatoms. The first-order valence-electron chi connectivity index (χ1n) is 13.2. The highest BCUT2D eigenvalue weighted by Gasteiger charge is 2.36. The quantitative estimate of drug-likeness (QED) is 0.355. The number of carboxylic acid groups (broad SMARTS) is 1. The van der Waals surface area contributed by atoms with Crippen LogP contribution in [0.2, 0.25) is 4.34 Å². The van der Waals surface area contributed by atoms with Crippen molar-refractivity contribution >= 4 is 62.3 Å². The number of hydrogen-bond acceptors (Lipinski definition) is 8. The lowest BCUT2D eigenvalue weighted by atomic mass is 9.96. The van der Waals surface area contributed by atoms with Crippen LogP contribution in [-0.2, 0) is 24.4 Å². The van der Waals surface area contributed by atoms with Crippen LogP contribution in [0.4, 0.5) is 10.1 Å². The van der Waals surface area contributed by atoms with Crippen LogP contribution in [-0.4, -0.2) is 81.4 Å². The number of carbonyl (C=O) groups is 4. The molecule has 2 saturated heterocycles. The smallest absolute Gasteiger partial charge is 0.306 e. The second kappa shape index (κ2) is 13.4. The van der Waals surface area contributed by atoms with E-state index >= 15 is 0 Å². The molecule has 2 aliphatic heterocycles. The second-order valence-electron chi connectivity index (χ2n) is 9.88. The van der Waals surface area contributed by atoms with Gasteiger partial charge in [0.2, 0.25) is 21.8 Å². The molecule has 3 N–H and O–H groups in total. The standard InChI is InChI=1S/C26H30ClFN4O8S2/c1-40-23-18(32-9-3-2-4-22(32)33)12-16(28)13-20(23)42(38,39)30-17(14-29-24(34)19-5-6-21(27)41-19)25(35)31-10-7-15(8-11-31)26(36)37/h5-6,12-13,15,17,30H,2-4,7-11,14H2,1H3,(H,29,34)(H,36,37). The number of likely N-dealkylation sites (tertiary alicyclic amines) is 1. The molecule has 0 aliphatic carbocycles. The molecule has 2 aromatic rings. The van der Waals surface area contributed by atoms with Gasteiger partial charge in [-0.2, -0.15) is 4.72 Å². The summed E-state index contributed by atoms with van der Waals surface area (Å²) in [7, 11) is -3.50. The molecule has 0 saturated carbocycles. The molecule has 12 nitrogen and oxygen atoms in total. The molecule has 1 aromatic heterocycles. The lowest BCUT2D eigenvalue weighted by molar-refractivity contribution is -0.146. The fourth-order valence-corrected chi connectivity index (χ4v) is 7.28. The normalized spacial score (nSPS) is 17.2. The van der Waals surface area contributed by atoms with Crippen molar-refractivity contribution in [3.8, 4) is 5.75 Å². The van der Waals surface area contributed by atoms with Crippen molar-refractivity contribution in [3.05, 3.63) is 39.3 Å². The maximum Gasteiger partial charge on any atom is 0.306 e. The summed E-state index contributed by atoms with van der Waals surface area (Å²) in [4.78, 5) is 52.3. The Bertz CT molecular complexity index is 1480. The number of sulfonamides is 1. The summed E-state index contributed by atoms with van der Waals surface area (Å²) in [5.41, 5.74) is -0.0518. The average Bonchev–Trinajstić information content (AvgIpc) is 3.40. The molecule has 0 spiro atoms. The first-order valence-corrected chi connectivity index (χ1v) is 15.8. The van der Waals surface area contributed by atoms with E-state index in [2.05, 4.69) is 10.0 Å². The van der Waals surface area contributed by atoms with E-state index in [0.29, 0.717) is 17.2 Å². The monoisotopic (exact) mass is 644 g/mol. The first kappa shape index (κ1) is 31.7. The third-order valence-corrected chi connectivity index (χ3v) is 9.83. The molecule has 2 aliphatic rings. The summed E-state index contributed by atoms with van der Waals surface area (Å²) in [6.45, 7) is -0.0991. The molecule has 228 valence electrons. The average molecular weight is 645 g/mol. The minimum Gasteiger partial charge on any atom is -0.493 e. The number of aliphatic carboxylic acids is 1. The zero-order chi connectivity index (χ0) is 30.6. The number of nitrogens with zero attached hydrogens (tertiary/aromatic N) is 2. The van der Waals surface area contributed by atoms with Crippen LogP contribution in [0.1, 0.15) is 41.8 Å². The van der Waals surface area contributed by atoms with Crippen molar-refractivity contribution < 1.29 is 41.8 Å². The number of anilines is 1. The number of amides is 3. The minimum atomic E-state index is -4.68. The van der Waals surface area contributed by atoms with Gasteiger partial charge in [0.05, 0.1) is 27.9 Å². The Kier molecular flexibility index (Phi) is 10.1. The Morgan fingerprint density at radius 2 is 1.90 bits per heavy atom. The number of thiophene rings is 1. The van der Waals surface area contributed by atoms with Gasteiger partial charge in [-0.25, -0.2) is 12.8 Å². The van der Waals surface area contributed by atoms with Crippen molar-refractivity contribution in [2.24, 2.45) is 5.92 Å². The second-order valence-corrected chi connectivity index (χ2v) is 13.3. The van der Waals surface area contributed by atoms with Crippen LogP contribution in [0.15, 0.2) is 29.2 Å². The summed E-state index contributed by atoms with van der Waals surface area (Å²) in [6.07, 6.45) is 1.84. The molecule has 42 heavy (non-hydrogen) atoms. The highest BCUT2D eigenvalue weighted by Crippen LogP contribution is 2.38. The van der Waals surface area contributed by atoms with Crippen LogP contribution >= 0.6 is 22.9 Å². The Morgan fingerprint density at radius 3 is 2.50 bits per heavy atom. The fraction of sp³-hybridized carbons (Fsp3) is 0.462. The lowest BCUT2D eigenvalue weighted by Crippen LogP contribution is -2.55. The third kappa shape index (κ3) is 7.19. The van der Waals surface area contributed by atoms with Gasteiger partial charge in [-0.1, -0.05) is 11.6 Å². The third-order valence-electron chi connectivity index (χ3n) is 7.12. The molecule has 1 atom stereocenters. The van der Waals surface area contributed by atoms with Crippen molar-refractivity contribution in [3.63, 3.8) is 0 Å². The molecule has 0 bridgehead atoms. The highest BCUT2D eigenvalue weighted by atomic mass is 35.5. The van der Waals surface area contributed by atoms with Gasteiger partial charge in [-0.05, 0) is 43.9 Å². The summed E-state index contributed by atoms with van der Waals surface area (Å²) in [6, 6.07) is 3.19. The molecular formula is C26H30ClFN4O8S2. The van der Waals surface area contributed by atoms with Crippen molar-refractivity contribution in [1.82, 2.24) is 14.9 Å².